The SMILES string of the molecule is CCCCCSC1CC(=O)N(CCC(=O)Nc2ccc3c(c2)C(COC(=O)On2nnc4ccccc42)c2ccccc2-3)C1=O.CCNc1ccc2c(c1)C(COC(=O)ON1C(=O)CCC1=O)c1cc(S(=O)(=O)O)ccc1-2.CNC(=O)Nc1ccc2c(c1)C(COC(=O)ON1C(=O)CCC1=O)c1ccccc1-2.O=S(=O)=O. The molecule has 0 bridgehead atoms. The maximum absolute atomic E-state index is 12.9. The van der Waals surface area contributed by atoms with Gasteiger partial charge in [-0.05, 0) is 152 Å². The smallest absolute Gasteiger partial charge is 0.432 e. The van der Waals surface area contributed by atoms with Crippen LogP contribution in [0, 0.1) is 0 Å². The van der Waals surface area contributed by atoms with E-state index in [1.54, 1.807) is 30.3 Å². The van der Waals surface area contributed by atoms with Gasteiger partial charge in [0.25, 0.3) is 33.7 Å². The molecular formula is C75H72N10O23S3. The summed E-state index contributed by atoms with van der Waals surface area (Å²) in [6.07, 6.45) is 0.0764. The number of benzene rings is 7. The zero-order valence-electron chi connectivity index (χ0n) is 59.6. The van der Waals surface area contributed by atoms with Crippen LogP contribution < -0.4 is 26.1 Å². The third-order valence-electron chi connectivity index (χ3n) is 18.4. The van der Waals surface area contributed by atoms with E-state index in [9.17, 15) is 65.7 Å². The summed E-state index contributed by atoms with van der Waals surface area (Å²) in [5.74, 6) is -3.43. The number of nitrogens with zero attached hydrogens (tertiary/aromatic N) is 6. The minimum atomic E-state index is -4.44. The van der Waals surface area contributed by atoms with Crippen LogP contribution in [-0.4, -0.2) is 173 Å². The fourth-order valence-electron chi connectivity index (χ4n) is 13.3. The molecule has 4 unspecified atom stereocenters. The zero-order chi connectivity index (χ0) is 79.2. The highest BCUT2D eigenvalue weighted by atomic mass is 32.2. The number of fused-ring (bicyclic) bond motifs is 10. The molecule has 5 N–H and O–H groups in total. The molecule has 3 fully saturated rings. The van der Waals surface area contributed by atoms with Crippen molar-refractivity contribution >= 4 is 126 Å². The van der Waals surface area contributed by atoms with E-state index < -0.39 is 68.7 Å². The van der Waals surface area contributed by atoms with Crippen molar-refractivity contribution in [3.8, 4) is 33.4 Å². The van der Waals surface area contributed by atoms with E-state index in [0.717, 1.165) is 96.7 Å². The van der Waals surface area contributed by atoms with Gasteiger partial charge in [0.15, 0.2) is 0 Å². The number of thioether (sulfide) groups is 1. The molecule has 8 aromatic rings. The second-order valence-electron chi connectivity index (χ2n) is 25.4. The van der Waals surface area contributed by atoms with Crippen molar-refractivity contribution < 1.29 is 107 Å². The Morgan fingerprint density at radius 1 is 0.550 bits per heavy atom. The molecule has 0 spiro atoms. The van der Waals surface area contributed by atoms with E-state index in [-0.39, 0.29) is 111 Å². The first kappa shape index (κ1) is 79.6. The molecule has 14 rings (SSSR count). The lowest BCUT2D eigenvalue weighted by molar-refractivity contribution is -0.177. The Kier molecular flexibility index (Phi) is 25.6. The van der Waals surface area contributed by atoms with E-state index in [0.29, 0.717) is 44.6 Å². The Labute approximate surface area is 639 Å². The Bertz CT molecular complexity index is 5220. The number of hydrogen-bond acceptors (Lipinski definition) is 26. The number of carbonyl (C=O) groups is 11. The third-order valence-corrected chi connectivity index (χ3v) is 20.6. The Morgan fingerprint density at radius 3 is 1.51 bits per heavy atom. The Morgan fingerprint density at radius 2 is 1.00 bits per heavy atom. The van der Waals surface area contributed by atoms with Crippen LogP contribution in [0.5, 0.6) is 0 Å². The van der Waals surface area contributed by atoms with Gasteiger partial charge in [-0.2, -0.15) is 8.42 Å². The number of hydrogen-bond donors (Lipinski definition) is 5. The number of likely N-dealkylation sites (tertiary alicyclic amines) is 1. The summed E-state index contributed by atoms with van der Waals surface area (Å²) < 4.78 is 74.0. The lowest BCUT2D eigenvalue weighted by atomic mass is 9.97. The van der Waals surface area contributed by atoms with Crippen LogP contribution >= 0.6 is 11.8 Å². The van der Waals surface area contributed by atoms with Crippen molar-refractivity contribution in [3.05, 3.63) is 179 Å². The zero-order valence-corrected chi connectivity index (χ0v) is 62.1. The van der Waals surface area contributed by atoms with Crippen LogP contribution in [0.1, 0.15) is 123 Å². The molecule has 3 aliphatic heterocycles. The van der Waals surface area contributed by atoms with Crippen LogP contribution in [-0.2, 0) is 78.2 Å². The molecule has 3 aliphatic carbocycles. The fourth-order valence-corrected chi connectivity index (χ4v) is 15.0. The maximum Gasteiger partial charge on any atom is 0.535 e. The van der Waals surface area contributed by atoms with Gasteiger partial charge in [-0.25, -0.2) is 19.2 Å². The highest BCUT2D eigenvalue weighted by molar-refractivity contribution is 8.00. The van der Waals surface area contributed by atoms with E-state index in [1.165, 1.54) is 35.8 Å². The number of rotatable bonds is 22. The van der Waals surface area contributed by atoms with Crippen LogP contribution in [0.2, 0.25) is 0 Å². The summed E-state index contributed by atoms with van der Waals surface area (Å²) in [5.41, 5.74) is 13.7. The topological polar surface area (TPSA) is 437 Å². The predicted octanol–water partition coefficient (Wildman–Crippen LogP) is 9.65. The van der Waals surface area contributed by atoms with Crippen molar-refractivity contribution in [2.45, 2.75) is 99.5 Å². The second-order valence-corrected chi connectivity index (χ2v) is 28.6. The maximum atomic E-state index is 12.9. The summed E-state index contributed by atoms with van der Waals surface area (Å²) in [5, 5.41) is 19.6. The monoisotopic (exact) mass is 1580 g/mol. The largest absolute Gasteiger partial charge is 0.535 e. The van der Waals surface area contributed by atoms with E-state index in [1.807, 2.05) is 110 Å². The summed E-state index contributed by atoms with van der Waals surface area (Å²) in [4.78, 5) is 150. The second kappa shape index (κ2) is 35.7. The summed E-state index contributed by atoms with van der Waals surface area (Å²) in [7, 11) is -6.02. The lowest BCUT2D eigenvalue weighted by Crippen LogP contribution is -2.34. The number of anilines is 3. The first-order valence-corrected chi connectivity index (χ1v) is 38.3. The number of unbranched alkanes of at least 4 members (excludes halogenated alkanes) is 2. The molecular weight excluding hydrogens is 1510 g/mol. The van der Waals surface area contributed by atoms with Crippen molar-refractivity contribution in [2.24, 2.45) is 0 Å². The molecule has 7 aromatic carbocycles. The van der Waals surface area contributed by atoms with Gasteiger partial charge in [-0.1, -0.05) is 120 Å². The molecule has 4 heterocycles. The van der Waals surface area contributed by atoms with Crippen LogP contribution in [0.4, 0.5) is 36.2 Å². The van der Waals surface area contributed by atoms with Crippen molar-refractivity contribution in [3.63, 3.8) is 0 Å². The van der Waals surface area contributed by atoms with Crippen LogP contribution in [0.25, 0.3) is 44.4 Å². The molecule has 1 aromatic heterocycles. The van der Waals surface area contributed by atoms with E-state index >= 15 is 0 Å². The van der Waals surface area contributed by atoms with Crippen LogP contribution in [0.15, 0.2) is 150 Å². The molecule has 111 heavy (non-hydrogen) atoms. The summed E-state index contributed by atoms with van der Waals surface area (Å²) >= 11 is 1.53. The third kappa shape index (κ3) is 19.0. The number of urea groups is 1. The van der Waals surface area contributed by atoms with Crippen molar-refractivity contribution in [1.82, 2.24) is 35.5 Å². The lowest BCUT2D eigenvalue weighted by Gasteiger charge is -2.17. The molecule has 36 heteroatoms. The molecule has 3 saturated heterocycles. The fraction of sp³-hybridized carbons (Fsp3) is 0.293. The number of imide groups is 3. The Balaban J connectivity index is 0.000000165. The van der Waals surface area contributed by atoms with E-state index in [4.69, 9.17) is 41.4 Å². The normalized spacial score (nSPS) is 16.6. The molecule has 6 aliphatic rings. The highest BCUT2D eigenvalue weighted by Gasteiger charge is 2.41. The van der Waals surface area contributed by atoms with E-state index in [2.05, 4.69) is 38.5 Å². The highest BCUT2D eigenvalue weighted by Crippen LogP contribution is 2.49. The number of amides is 9. The molecule has 4 atom stereocenters. The number of aromatic nitrogens is 3. The standard InChI is InChI=1S/C33H33N5O6S.C21H19N3O6.C21H20N2O8S.O3S/c1-2-3-8-17-45-29-19-31(40)37(32(29)41)16-15-30(39)34-21-13-14-24-22-9-4-5-10-23(22)26(25(24)18-21)20-43-33(42)44-38-28-12-7-6-11-27(28)35-36-38;1-22-20(27)23-12-6-7-15-13-4-2-3-5-14(13)17(16(15)10-12)11-29-21(28)30-24-18(25)8-9-19(24)26;1-2-22-12-3-5-14-15-6-4-13(32(27,28)29)10-17(15)18(16(14)9-12)11-30-21(26)31-23-19(24)7-8-20(23)25;1-4(2)3/h4-7,9-14,18,26,29H,2-3,8,15-17,19-20H2,1H3,(H,34,39);2-7,10,17H,8-9,11H2,1H3,(H2,22,23,27);3-6,9-10,18,22H,2,7-8,11H2,1H3,(H,27,28,29);. The van der Waals surface area contributed by atoms with Gasteiger partial charge in [-0.15, -0.1) is 29.5 Å². The van der Waals surface area contributed by atoms with Gasteiger partial charge in [0.05, 0.1) is 10.1 Å². The molecule has 0 saturated carbocycles. The number of nitrogens with one attached hydrogen (secondary N) is 4. The van der Waals surface area contributed by atoms with Gasteiger partial charge in [0, 0.05) is 93.5 Å². The number of hydroxylamine groups is 4. The number of para-hydroxylation sites is 1. The number of carbonyl (C=O) groups excluding carboxylic acids is 11. The Hall–Kier alpha value is -12.4. The summed E-state index contributed by atoms with van der Waals surface area (Å²) in [6, 6.07) is 43.3. The van der Waals surface area contributed by atoms with Crippen molar-refractivity contribution in [2.75, 3.05) is 61.7 Å². The molecule has 33 nitrogen and oxygen atoms in total. The first-order valence-electron chi connectivity index (χ1n) is 34.9. The van der Waals surface area contributed by atoms with Gasteiger partial charge in [0.1, 0.15) is 30.9 Å². The molecule has 0 radical (unpaired) electrons. The quantitative estimate of drug-likeness (QED) is 0.0105. The van der Waals surface area contributed by atoms with Gasteiger partial charge < -0.3 is 35.5 Å². The van der Waals surface area contributed by atoms with Gasteiger partial charge in [-0.3, -0.25) is 57.5 Å². The minimum Gasteiger partial charge on any atom is -0.432 e. The van der Waals surface area contributed by atoms with Crippen LogP contribution in [0.3, 0.4) is 0 Å². The minimum absolute atomic E-state index is 0.00262. The average molecular weight is 1580 g/mol. The van der Waals surface area contributed by atoms with Gasteiger partial charge in [0.2, 0.25) is 17.7 Å². The molecule has 9 amide bonds. The van der Waals surface area contributed by atoms with Crippen molar-refractivity contribution in [1.29, 1.82) is 0 Å². The number of ether oxygens (including phenoxy) is 3. The van der Waals surface area contributed by atoms with Gasteiger partial charge >= 0.3 is 35.1 Å². The molecule has 578 valence electrons. The summed E-state index contributed by atoms with van der Waals surface area (Å²) in [6.45, 7) is 4.51. The average Bonchev–Trinajstić information content (AvgIpc) is 1.61. The predicted molar refractivity (Wildman–Crippen MR) is 396 cm³/mol. The first-order chi connectivity index (χ1) is 53.3.